The number of hydrogen-bond donors (Lipinski definition) is 0. The van der Waals surface area contributed by atoms with Crippen molar-refractivity contribution in [3.05, 3.63) is 140 Å². The van der Waals surface area contributed by atoms with Gasteiger partial charge in [0.1, 0.15) is 0 Å². The molecule has 0 saturated heterocycles. The summed E-state index contributed by atoms with van der Waals surface area (Å²) in [7, 11) is 6.46. The van der Waals surface area contributed by atoms with Crippen molar-refractivity contribution < 1.29 is 0 Å². The van der Waals surface area contributed by atoms with E-state index < -0.39 is 13.6 Å². The van der Waals surface area contributed by atoms with Gasteiger partial charge in [0.05, 0.1) is 15.9 Å². The van der Waals surface area contributed by atoms with E-state index in [-0.39, 0.29) is 0 Å². The van der Waals surface area contributed by atoms with Crippen LogP contribution >= 0.6 is 7.14 Å². The van der Waals surface area contributed by atoms with Gasteiger partial charge in [0.15, 0.2) is 0 Å². The molecule has 0 heterocycles. The topological polar surface area (TPSA) is 6.48 Å². The van der Waals surface area contributed by atoms with Gasteiger partial charge < -0.3 is 9.80 Å². The highest BCUT2D eigenvalue weighted by Gasteiger charge is 2.48. The van der Waals surface area contributed by atoms with E-state index in [2.05, 4.69) is 178 Å². The third-order valence-corrected chi connectivity index (χ3v) is 12.9. The van der Waals surface area contributed by atoms with Crippen LogP contribution in [0.15, 0.2) is 140 Å². The molecule has 5 rings (SSSR count). The Morgan fingerprint density at radius 1 is 0.395 bits per heavy atom. The van der Waals surface area contributed by atoms with Gasteiger partial charge in [0.25, 0.3) is 0 Å². The fourth-order valence-corrected chi connectivity index (χ4v) is 11.8. The number of hydrogen-bond acceptors (Lipinski definition) is 2. The van der Waals surface area contributed by atoms with Crippen LogP contribution in [-0.4, -0.2) is 34.6 Å². The quantitative estimate of drug-likeness (QED) is 0.220. The van der Waals surface area contributed by atoms with Crippen LogP contribution in [0, 0.1) is 0 Å². The molecule has 38 heavy (non-hydrogen) atoms. The highest BCUT2D eigenvalue weighted by atomic mass is 31.2. The molecule has 5 aromatic rings. The van der Waals surface area contributed by atoms with Gasteiger partial charge in [-0.1, -0.05) is 91.0 Å². The van der Waals surface area contributed by atoms with Crippen molar-refractivity contribution >= 4 is 51.8 Å². The average Bonchev–Trinajstić information content (AvgIpc) is 2.97. The Hall–Kier alpha value is -3.81. The molecule has 0 spiro atoms. The SMILES string of the molecule is CN(C)c1ccccc1[BH-](c1ccccc1N(C)C)[P+](c1ccccc1)(c1ccccc1)c1ccccc1. The lowest BCUT2D eigenvalue weighted by Crippen LogP contribution is -2.55. The number of rotatable bonds is 8. The van der Waals surface area contributed by atoms with E-state index in [1.165, 1.54) is 38.2 Å². The van der Waals surface area contributed by atoms with E-state index in [0.29, 0.717) is 0 Å². The first-order chi connectivity index (χ1) is 18.5. The second kappa shape index (κ2) is 11.3. The molecule has 0 unspecified atom stereocenters. The Balaban J connectivity index is 2.02. The molecule has 0 amide bonds. The van der Waals surface area contributed by atoms with Gasteiger partial charge >= 0.3 is 0 Å². The van der Waals surface area contributed by atoms with Crippen LogP contribution < -0.4 is 36.6 Å². The molecule has 0 aromatic heterocycles. The molecule has 0 aliphatic rings. The first-order valence-corrected chi connectivity index (χ1v) is 15.3. The second-order valence-corrected chi connectivity index (χ2v) is 14.2. The standard InChI is InChI=1S/C34H36BN2P/c1-36(2)33-26-16-14-24-31(33)35(32-25-15-17-27-34(32)37(3)4)38(28-18-8-5-9-19-28,29-20-10-6-11-21-29)30-22-12-7-13-23-30/h5-27,35H,1-4H3. The second-order valence-electron chi connectivity index (χ2n) is 10.4. The monoisotopic (exact) mass is 514 g/mol. The fourth-order valence-electron chi connectivity index (χ4n) is 6.22. The van der Waals surface area contributed by atoms with Crippen LogP contribution in [0.4, 0.5) is 11.4 Å². The third kappa shape index (κ3) is 4.64. The van der Waals surface area contributed by atoms with Crippen molar-refractivity contribution in [1.29, 1.82) is 0 Å². The summed E-state index contributed by atoms with van der Waals surface area (Å²) in [5, 5.41) is 4.25. The molecular weight excluding hydrogens is 478 g/mol. The molecule has 190 valence electrons. The Labute approximate surface area is 229 Å². The van der Waals surface area contributed by atoms with Crippen LogP contribution in [0.2, 0.25) is 0 Å². The van der Waals surface area contributed by atoms with Crippen LogP contribution in [0.3, 0.4) is 0 Å². The molecule has 4 heteroatoms. The molecule has 2 nitrogen and oxygen atoms in total. The van der Waals surface area contributed by atoms with E-state index in [4.69, 9.17) is 0 Å². The largest absolute Gasteiger partial charge is 0.380 e. The minimum Gasteiger partial charge on any atom is -0.380 e. The predicted molar refractivity (Wildman–Crippen MR) is 173 cm³/mol. The van der Waals surface area contributed by atoms with Gasteiger partial charge in [-0.15, -0.1) is 10.9 Å². The summed E-state index contributed by atoms with van der Waals surface area (Å²) in [6.45, 7) is 0. The smallest absolute Gasteiger partial charge is 0.227 e. The Bertz CT molecular complexity index is 1320. The molecule has 0 bridgehead atoms. The van der Waals surface area contributed by atoms with Gasteiger partial charge in [0.2, 0.25) is 6.43 Å². The summed E-state index contributed by atoms with van der Waals surface area (Å²) < 4.78 is 0. The normalized spacial score (nSPS) is 11.4. The predicted octanol–water partition coefficient (Wildman–Crippen LogP) is 4.65. The van der Waals surface area contributed by atoms with Crippen molar-refractivity contribution in [2.24, 2.45) is 0 Å². The molecule has 5 aromatic carbocycles. The highest BCUT2D eigenvalue weighted by Crippen LogP contribution is 2.58. The van der Waals surface area contributed by atoms with Gasteiger partial charge in [-0.3, -0.25) is 0 Å². The van der Waals surface area contributed by atoms with E-state index in [0.717, 1.165) is 0 Å². The van der Waals surface area contributed by atoms with Crippen molar-refractivity contribution in [3.63, 3.8) is 0 Å². The van der Waals surface area contributed by atoms with Crippen LogP contribution in [0.25, 0.3) is 0 Å². The van der Waals surface area contributed by atoms with Crippen LogP contribution in [0.1, 0.15) is 0 Å². The molecule has 0 aliphatic carbocycles. The molecule has 0 N–H and O–H groups in total. The lowest BCUT2D eigenvalue weighted by molar-refractivity contribution is 1.14. The summed E-state index contributed by atoms with van der Waals surface area (Å²) in [5.74, 6) is 0. The first-order valence-electron chi connectivity index (χ1n) is 13.3. The van der Waals surface area contributed by atoms with Crippen molar-refractivity contribution in [3.8, 4) is 0 Å². The van der Waals surface area contributed by atoms with Crippen molar-refractivity contribution in [2.75, 3.05) is 38.0 Å². The Morgan fingerprint density at radius 2 is 0.684 bits per heavy atom. The molecule has 0 atom stereocenters. The number of benzene rings is 5. The molecule has 0 fully saturated rings. The van der Waals surface area contributed by atoms with Gasteiger partial charge in [0, 0.05) is 39.6 Å². The third-order valence-electron chi connectivity index (χ3n) is 7.73. The first kappa shape index (κ1) is 25.8. The van der Waals surface area contributed by atoms with Crippen LogP contribution in [0.5, 0.6) is 0 Å². The van der Waals surface area contributed by atoms with E-state index >= 15 is 0 Å². The summed E-state index contributed by atoms with van der Waals surface area (Å²) in [6.07, 6.45) is -1.19. The Kier molecular flexibility index (Phi) is 7.68. The minimum atomic E-state index is -2.21. The van der Waals surface area contributed by atoms with Crippen molar-refractivity contribution in [1.82, 2.24) is 0 Å². The van der Waals surface area contributed by atoms with E-state index in [9.17, 15) is 0 Å². The van der Waals surface area contributed by atoms with E-state index in [1.807, 2.05) is 0 Å². The van der Waals surface area contributed by atoms with Crippen molar-refractivity contribution in [2.45, 2.75) is 0 Å². The summed E-state index contributed by atoms with van der Waals surface area (Å²) >= 11 is 0. The van der Waals surface area contributed by atoms with Gasteiger partial charge in [-0.05, 0) is 55.7 Å². The maximum absolute atomic E-state index is 2.38. The molecule has 0 saturated carbocycles. The molecule has 0 aliphatic heterocycles. The number of para-hydroxylation sites is 2. The van der Waals surface area contributed by atoms with Crippen LogP contribution in [-0.2, 0) is 0 Å². The highest BCUT2D eigenvalue weighted by molar-refractivity contribution is 8.21. The lowest BCUT2D eigenvalue weighted by Gasteiger charge is -2.44. The fraction of sp³-hybridized carbons (Fsp3) is 0.118. The Morgan fingerprint density at radius 3 is 1.00 bits per heavy atom. The summed E-state index contributed by atoms with van der Waals surface area (Å²) in [5.41, 5.74) is 5.43. The zero-order chi connectivity index (χ0) is 26.5. The van der Waals surface area contributed by atoms with Gasteiger partial charge in [-0.2, -0.15) is 0 Å². The number of nitrogens with zero attached hydrogens (tertiary/aromatic N) is 2. The van der Waals surface area contributed by atoms with Gasteiger partial charge in [-0.25, -0.2) is 0 Å². The summed E-state index contributed by atoms with van der Waals surface area (Å²) in [6, 6.07) is 52.0. The zero-order valence-electron chi connectivity index (χ0n) is 22.8. The average molecular weight is 514 g/mol. The minimum absolute atomic E-state index is 1.19. The molecule has 0 radical (unpaired) electrons. The summed E-state index contributed by atoms with van der Waals surface area (Å²) in [4.78, 5) is 4.56. The molecular formula is C34H36BN2P. The maximum atomic E-state index is 2.38. The number of anilines is 2. The lowest BCUT2D eigenvalue weighted by atomic mass is 9.60. The zero-order valence-corrected chi connectivity index (χ0v) is 23.7. The van der Waals surface area contributed by atoms with E-state index in [1.54, 1.807) is 0 Å². The maximum Gasteiger partial charge on any atom is 0.227 e.